The summed E-state index contributed by atoms with van der Waals surface area (Å²) >= 11 is 0. The van der Waals surface area contributed by atoms with Gasteiger partial charge in [-0.2, -0.15) is 8.78 Å². The molecule has 0 bridgehead atoms. The molecule has 0 unspecified atom stereocenters. The SMILES string of the molecule is NCC(F)(F)c1ccc(F)cc1. The first-order chi connectivity index (χ1) is 5.56. The molecular formula is C8H8F3N. The lowest BCUT2D eigenvalue weighted by atomic mass is 10.1. The minimum absolute atomic E-state index is 0.258. The number of alkyl halides is 2. The fourth-order valence-electron chi connectivity index (χ4n) is 0.812. The van der Waals surface area contributed by atoms with E-state index in [4.69, 9.17) is 5.73 Å². The van der Waals surface area contributed by atoms with Crippen LogP contribution in [0.1, 0.15) is 5.56 Å². The summed E-state index contributed by atoms with van der Waals surface area (Å²) in [5, 5.41) is 0. The number of halogens is 3. The lowest BCUT2D eigenvalue weighted by molar-refractivity contribution is 0.00590. The lowest BCUT2D eigenvalue weighted by Crippen LogP contribution is -2.24. The van der Waals surface area contributed by atoms with E-state index in [1.807, 2.05) is 0 Å². The Labute approximate surface area is 68.0 Å². The maximum Gasteiger partial charge on any atom is 0.285 e. The zero-order chi connectivity index (χ0) is 9.19. The van der Waals surface area contributed by atoms with Crippen molar-refractivity contribution in [3.8, 4) is 0 Å². The van der Waals surface area contributed by atoms with Crippen molar-refractivity contribution in [1.82, 2.24) is 0 Å². The van der Waals surface area contributed by atoms with E-state index in [9.17, 15) is 13.2 Å². The predicted molar refractivity (Wildman–Crippen MR) is 39.3 cm³/mol. The van der Waals surface area contributed by atoms with Gasteiger partial charge in [0.25, 0.3) is 5.92 Å². The minimum atomic E-state index is -3.06. The first-order valence-electron chi connectivity index (χ1n) is 3.40. The molecule has 0 radical (unpaired) electrons. The molecule has 0 aromatic heterocycles. The van der Waals surface area contributed by atoms with E-state index in [0.717, 1.165) is 24.3 Å². The Morgan fingerprint density at radius 2 is 1.67 bits per heavy atom. The monoisotopic (exact) mass is 175 g/mol. The molecule has 12 heavy (non-hydrogen) atoms. The normalized spacial score (nSPS) is 11.7. The quantitative estimate of drug-likeness (QED) is 0.729. The molecule has 1 rings (SSSR count). The Hall–Kier alpha value is -1.03. The number of hydrogen-bond acceptors (Lipinski definition) is 1. The van der Waals surface area contributed by atoms with Gasteiger partial charge >= 0.3 is 0 Å². The summed E-state index contributed by atoms with van der Waals surface area (Å²) in [6, 6.07) is 4.03. The van der Waals surface area contributed by atoms with Crippen molar-refractivity contribution in [3.63, 3.8) is 0 Å². The highest BCUT2D eigenvalue weighted by atomic mass is 19.3. The molecule has 1 aromatic rings. The Morgan fingerprint density at radius 1 is 1.17 bits per heavy atom. The van der Waals surface area contributed by atoms with E-state index >= 15 is 0 Å². The third-order valence-electron chi connectivity index (χ3n) is 1.52. The van der Waals surface area contributed by atoms with E-state index in [-0.39, 0.29) is 5.56 Å². The van der Waals surface area contributed by atoms with Gasteiger partial charge in [-0.1, -0.05) is 12.1 Å². The van der Waals surface area contributed by atoms with E-state index < -0.39 is 18.3 Å². The summed E-state index contributed by atoms with van der Waals surface area (Å²) in [6.07, 6.45) is 0. The average Bonchev–Trinajstić information content (AvgIpc) is 2.05. The molecule has 4 heteroatoms. The number of hydrogen-bond donors (Lipinski definition) is 1. The summed E-state index contributed by atoms with van der Waals surface area (Å²) in [6.45, 7) is -0.765. The van der Waals surface area contributed by atoms with Crippen LogP contribution in [0.5, 0.6) is 0 Å². The Bertz CT molecular complexity index is 256. The summed E-state index contributed by atoms with van der Waals surface area (Å²) in [7, 11) is 0. The average molecular weight is 175 g/mol. The smallest absolute Gasteiger partial charge is 0.285 e. The topological polar surface area (TPSA) is 26.0 Å². The van der Waals surface area contributed by atoms with Gasteiger partial charge in [-0.05, 0) is 12.1 Å². The molecule has 0 heterocycles. The fourth-order valence-corrected chi connectivity index (χ4v) is 0.812. The van der Waals surface area contributed by atoms with Gasteiger partial charge in [-0.15, -0.1) is 0 Å². The molecular weight excluding hydrogens is 167 g/mol. The van der Waals surface area contributed by atoms with Crippen molar-refractivity contribution in [3.05, 3.63) is 35.6 Å². The van der Waals surface area contributed by atoms with Crippen LogP contribution < -0.4 is 5.73 Å². The van der Waals surface area contributed by atoms with Gasteiger partial charge in [0.05, 0.1) is 6.54 Å². The Balaban J connectivity index is 2.96. The molecule has 0 saturated carbocycles. The maximum absolute atomic E-state index is 12.8. The predicted octanol–water partition coefficient (Wildman–Crippen LogP) is 1.88. The largest absolute Gasteiger partial charge is 0.325 e. The van der Waals surface area contributed by atoms with Crippen LogP contribution in [0.4, 0.5) is 13.2 Å². The molecule has 66 valence electrons. The molecule has 1 nitrogen and oxygen atoms in total. The highest BCUT2D eigenvalue weighted by Crippen LogP contribution is 2.26. The Kier molecular flexibility index (Phi) is 2.38. The van der Waals surface area contributed by atoms with Gasteiger partial charge in [0.1, 0.15) is 5.82 Å². The van der Waals surface area contributed by atoms with Gasteiger partial charge < -0.3 is 5.73 Å². The van der Waals surface area contributed by atoms with Crippen molar-refractivity contribution in [2.75, 3.05) is 6.54 Å². The van der Waals surface area contributed by atoms with E-state index in [0.29, 0.717) is 0 Å². The molecule has 0 amide bonds. The zero-order valence-electron chi connectivity index (χ0n) is 6.23. The third-order valence-corrected chi connectivity index (χ3v) is 1.52. The molecule has 0 saturated heterocycles. The summed E-state index contributed by atoms with van der Waals surface area (Å²) in [5.74, 6) is -3.60. The fraction of sp³-hybridized carbons (Fsp3) is 0.250. The Morgan fingerprint density at radius 3 is 2.08 bits per heavy atom. The highest BCUT2D eigenvalue weighted by molar-refractivity contribution is 5.21. The first-order valence-corrected chi connectivity index (χ1v) is 3.40. The summed E-state index contributed by atoms with van der Waals surface area (Å²) in [5.41, 5.74) is 4.57. The molecule has 0 fully saturated rings. The van der Waals surface area contributed by atoms with E-state index in [1.165, 1.54) is 0 Å². The van der Waals surface area contributed by atoms with Crippen LogP contribution in [-0.2, 0) is 5.92 Å². The first kappa shape index (κ1) is 9.06. The van der Waals surface area contributed by atoms with Crippen LogP contribution in [-0.4, -0.2) is 6.54 Å². The van der Waals surface area contributed by atoms with Gasteiger partial charge in [0.2, 0.25) is 0 Å². The molecule has 0 atom stereocenters. The standard InChI is InChI=1S/C8H8F3N/c9-7-3-1-6(2-4-7)8(10,11)5-12/h1-4H,5,12H2. The number of rotatable bonds is 2. The van der Waals surface area contributed by atoms with E-state index in [2.05, 4.69) is 0 Å². The van der Waals surface area contributed by atoms with Crippen LogP contribution in [0.2, 0.25) is 0 Å². The van der Waals surface area contributed by atoms with Crippen molar-refractivity contribution in [1.29, 1.82) is 0 Å². The molecule has 1 aromatic carbocycles. The van der Waals surface area contributed by atoms with Gasteiger partial charge in [-0.3, -0.25) is 0 Å². The van der Waals surface area contributed by atoms with Gasteiger partial charge in [0.15, 0.2) is 0 Å². The van der Waals surface area contributed by atoms with Crippen molar-refractivity contribution in [2.24, 2.45) is 5.73 Å². The van der Waals surface area contributed by atoms with Crippen LogP contribution in [0.3, 0.4) is 0 Å². The molecule has 0 aliphatic heterocycles. The van der Waals surface area contributed by atoms with Crippen LogP contribution in [0, 0.1) is 5.82 Å². The van der Waals surface area contributed by atoms with Crippen molar-refractivity contribution >= 4 is 0 Å². The highest BCUT2D eigenvalue weighted by Gasteiger charge is 2.28. The van der Waals surface area contributed by atoms with Crippen LogP contribution in [0.25, 0.3) is 0 Å². The molecule has 0 aliphatic rings. The second kappa shape index (κ2) is 3.15. The second-order valence-electron chi connectivity index (χ2n) is 2.42. The van der Waals surface area contributed by atoms with Crippen LogP contribution in [0.15, 0.2) is 24.3 Å². The van der Waals surface area contributed by atoms with E-state index in [1.54, 1.807) is 0 Å². The minimum Gasteiger partial charge on any atom is -0.325 e. The van der Waals surface area contributed by atoms with Gasteiger partial charge in [-0.25, -0.2) is 4.39 Å². The maximum atomic E-state index is 12.8. The number of nitrogens with two attached hydrogens (primary N) is 1. The summed E-state index contributed by atoms with van der Waals surface area (Å²) < 4.78 is 37.8. The van der Waals surface area contributed by atoms with Crippen LogP contribution >= 0.6 is 0 Å². The second-order valence-corrected chi connectivity index (χ2v) is 2.42. The number of benzene rings is 1. The summed E-state index contributed by atoms with van der Waals surface area (Å²) in [4.78, 5) is 0. The zero-order valence-corrected chi connectivity index (χ0v) is 6.23. The lowest BCUT2D eigenvalue weighted by Gasteiger charge is -2.13. The molecule has 0 spiro atoms. The molecule has 2 N–H and O–H groups in total. The third kappa shape index (κ3) is 1.76. The van der Waals surface area contributed by atoms with Gasteiger partial charge in [0, 0.05) is 5.56 Å². The molecule has 0 aliphatic carbocycles. The van der Waals surface area contributed by atoms with Crippen molar-refractivity contribution < 1.29 is 13.2 Å². The van der Waals surface area contributed by atoms with Crippen molar-refractivity contribution in [2.45, 2.75) is 5.92 Å².